The minimum Gasteiger partial charge on any atom is -0.379 e. The van der Waals surface area contributed by atoms with Crippen molar-refractivity contribution in [2.75, 3.05) is 32.8 Å². The van der Waals surface area contributed by atoms with Gasteiger partial charge in [0.1, 0.15) is 0 Å². The number of benzene rings is 1. The van der Waals surface area contributed by atoms with E-state index in [9.17, 15) is 0 Å². The van der Waals surface area contributed by atoms with Gasteiger partial charge in [0, 0.05) is 36.6 Å². The molecule has 132 valence electrons. The van der Waals surface area contributed by atoms with Crippen molar-refractivity contribution in [2.45, 2.75) is 26.3 Å². The highest BCUT2D eigenvalue weighted by molar-refractivity contribution is 5.89. The van der Waals surface area contributed by atoms with E-state index in [2.05, 4.69) is 57.5 Å². The van der Waals surface area contributed by atoms with Crippen molar-refractivity contribution in [3.8, 4) is 11.4 Å². The first-order chi connectivity index (χ1) is 12.3. The molecule has 0 amide bonds. The lowest BCUT2D eigenvalue weighted by Crippen LogP contribution is -2.39. The van der Waals surface area contributed by atoms with Crippen LogP contribution < -0.4 is 0 Å². The Kier molecular flexibility index (Phi) is 4.59. The molecular weight excluding hydrogens is 312 g/mol. The van der Waals surface area contributed by atoms with Crippen LogP contribution >= 0.6 is 0 Å². The lowest BCUT2D eigenvalue weighted by atomic mass is 10.1. The lowest BCUT2D eigenvalue weighted by molar-refractivity contribution is 0.0313. The van der Waals surface area contributed by atoms with E-state index in [4.69, 9.17) is 4.74 Å². The minimum atomic E-state index is 0.418. The molecule has 1 atom stereocenters. The average Bonchev–Trinajstić information content (AvgIpc) is 3.25. The van der Waals surface area contributed by atoms with E-state index in [1.54, 1.807) is 0 Å². The zero-order chi connectivity index (χ0) is 17.2. The van der Waals surface area contributed by atoms with Crippen LogP contribution in [0.25, 0.3) is 22.3 Å². The molecule has 0 saturated carbocycles. The molecule has 1 N–H and O–H groups in total. The van der Waals surface area contributed by atoms with Crippen molar-refractivity contribution in [3.05, 3.63) is 42.4 Å². The molecule has 0 radical (unpaired) electrons. The SMILES string of the molecule is CC[C@@H](CN1CCOCC1)n1cncc1-c1[nH]c2ccccc2c1C. The van der Waals surface area contributed by atoms with Gasteiger partial charge in [0.05, 0.1) is 37.1 Å². The monoisotopic (exact) mass is 338 g/mol. The van der Waals surface area contributed by atoms with Crippen LogP contribution in [0.3, 0.4) is 0 Å². The maximum absolute atomic E-state index is 5.48. The topological polar surface area (TPSA) is 46.1 Å². The highest BCUT2D eigenvalue weighted by Gasteiger charge is 2.21. The van der Waals surface area contributed by atoms with Crippen molar-refractivity contribution in [3.63, 3.8) is 0 Å². The van der Waals surface area contributed by atoms with E-state index >= 15 is 0 Å². The fourth-order valence-corrected chi connectivity index (χ4v) is 3.82. The Morgan fingerprint density at radius 1 is 1.24 bits per heavy atom. The van der Waals surface area contributed by atoms with Crippen molar-refractivity contribution in [1.82, 2.24) is 19.4 Å². The summed E-state index contributed by atoms with van der Waals surface area (Å²) >= 11 is 0. The summed E-state index contributed by atoms with van der Waals surface area (Å²) in [6.45, 7) is 9.21. The number of aromatic nitrogens is 3. The van der Waals surface area contributed by atoms with Crippen LogP contribution in [-0.2, 0) is 4.74 Å². The number of hydrogen-bond donors (Lipinski definition) is 1. The van der Waals surface area contributed by atoms with E-state index < -0.39 is 0 Å². The number of nitrogens with one attached hydrogen (secondary N) is 1. The number of aromatic amines is 1. The summed E-state index contributed by atoms with van der Waals surface area (Å²) < 4.78 is 7.82. The molecule has 0 unspecified atom stereocenters. The Balaban J connectivity index is 1.67. The standard InChI is InChI=1S/C20H26N4O/c1-3-16(13-23-8-10-25-11-9-23)24-14-21-12-19(24)20-15(2)17-6-4-5-7-18(17)22-20/h4-7,12,14,16,22H,3,8-11,13H2,1-2H3/t16-/m0/s1. The Morgan fingerprint density at radius 2 is 2.04 bits per heavy atom. The fraction of sp³-hybridized carbons (Fsp3) is 0.450. The van der Waals surface area contributed by atoms with Crippen LogP contribution in [0.2, 0.25) is 0 Å². The van der Waals surface area contributed by atoms with Gasteiger partial charge in [0.2, 0.25) is 0 Å². The summed E-state index contributed by atoms with van der Waals surface area (Å²) in [5, 5.41) is 1.28. The second kappa shape index (κ2) is 7.02. The first-order valence-corrected chi connectivity index (χ1v) is 9.17. The third-order valence-corrected chi connectivity index (χ3v) is 5.33. The smallest absolute Gasteiger partial charge is 0.0954 e. The summed E-state index contributed by atoms with van der Waals surface area (Å²) in [5.74, 6) is 0. The highest BCUT2D eigenvalue weighted by atomic mass is 16.5. The lowest BCUT2D eigenvalue weighted by Gasteiger charge is -2.31. The van der Waals surface area contributed by atoms with E-state index in [1.807, 2.05) is 12.5 Å². The summed E-state index contributed by atoms with van der Waals surface area (Å²) in [7, 11) is 0. The highest BCUT2D eigenvalue weighted by Crippen LogP contribution is 2.31. The zero-order valence-corrected chi connectivity index (χ0v) is 15.0. The molecule has 3 heterocycles. The molecule has 1 fully saturated rings. The predicted molar refractivity (Wildman–Crippen MR) is 101 cm³/mol. The number of morpholine rings is 1. The Morgan fingerprint density at radius 3 is 2.80 bits per heavy atom. The fourth-order valence-electron chi connectivity index (χ4n) is 3.82. The predicted octanol–water partition coefficient (Wildman–Crippen LogP) is 3.62. The molecule has 0 aliphatic carbocycles. The van der Waals surface area contributed by atoms with Gasteiger partial charge < -0.3 is 14.3 Å². The second-order valence-electron chi connectivity index (χ2n) is 6.83. The van der Waals surface area contributed by atoms with Crippen molar-refractivity contribution >= 4 is 10.9 Å². The molecule has 5 nitrogen and oxygen atoms in total. The average molecular weight is 338 g/mol. The maximum Gasteiger partial charge on any atom is 0.0954 e. The Hall–Kier alpha value is -2.11. The van der Waals surface area contributed by atoms with Crippen LogP contribution in [0.15, 0.2) is 36.8 Å². The van der Waals surface area contributed by atoms with Gasteiger partial charge in [0.15, 0.2) is 0 Å². The summed E-state index contributed by atoms with van der Waals surface area (Å²) in [4.78, 5) is 10.6. The van der Waals surface area contributed by atoms with Crippen LogP contribution in [-0.4, -0.2) is 52.3 Å². The van der Waals surface area contributed by atoms with Gasteiger partial charge in [-0.25, -0.2) is 4.98 Å². The number of rotatable bonds is 5. The van der Waals surface area contributed by atoms with E-state index in [-0.39, 0.29) is 0 Å². The quantitative estimate of drug-likeness (QED) is 0.773. The van der Waals surface area contributed by atoms with Gasteiger partial charge in [0.25, 0.3) is 0 Å². The molecule has 0 spiro atoms. The number of para-hydroxylation sites is 1. The summed E-state index contributed by atoms with van der Waals surface area (Å²) in [6, 6.07) is 8.90. The number of ether oxygens (including phenoxy) is 1. The Labute approximate surface area is 148 Å². The number of fused-ring (bicyclic) bond motifs is 1. The van der Waals surface area contributed by atoms with Gasteiger partial charge >= 0.3 is 0 Å². The van der Waals surface area contributed by atoms with Gasteiger partial charge in [-0.05, 0) is 25.0 Å². The third-order valence-electron chi connectivity index (χ3n) is 5.33. The molecule has 1 aromatic carbocycles. The number of nitrogens with zero attached hydrogens (tertiary/aromatic N) is 3. The molecule has 25 heavy (non-hydrogen) atoms. The molecule has 1 aliphatic heterocycles. The first-order valence-electron chi connectivity index (χ1n) is 9.17. The van der Waals surface area contributed by atoms with Gasteiger partial charge in [-0.2, -0.15) is 0 Å². The van der Waals surface area contributed by atoms with E-state index in [0.29, 0.717) is 6.04 Å². The van der Waals surface area contributed by atoms with Crippen molar-refractivity contribution in [1.29, 1.82) is 0 Å². The number of aryl methyl sites for hydroxylation is 1. The van der Waals surface area contributed by atoms with Crippen LogP contribution in [0, 0.1) is 6.92 Å². The number of H-pyrrole nitrogens is 1. The minimum absolute atomic E-state index is 0.418. The summed E-state index contributed by atoms with van der Waals surface area (Å²) in [5.41, 5.74) is 4.83. The van der Waals surface area contributed by atoms with Crippen LogP contribution in [0.5, 0.6) is 0 Å². The Bertz CT molecular complexity index is 844. The van der Waals surface area contributed by atoms with Gasteiger partial charge in [-0.15, -0.1) is 0 Å². The maximum atomic E-state index is 5.48. The molecule has 1 aliphatic rings. The number of hydrogen-bond acceptors (Lipinski definition) is 3. The largest absolute Gasteiger partial charge is 0.379 e. The molecule has 4 rings (SSSR count). The summed E-state index contributed by atoms with van der Waals surface area (Å²) in [6.07, 6.45) is 5.05. The van der Waals surface area contributed by atoms with Crippen LogP contribution in [0.4, 0.5) is 0 Å². The first kappa shape index (κ1) is 16.4. The molecule has 3 aromatic rings. The van der Waals surface area contributed by atoms with Gasteiger partial charge in [-0.3, -0.25) is 4.90 Å². The number of imidazole rings is 1. The van der Waals surface area contributed by atoms with E-state index in [1.165, 1.54) is 27.9 Å². The third kappa shape index (κ3) is 3.10. The molecular formula is C20H26N4O. The molecule has 1 saturated heterocycles. The molecule has 2 aromatic heterocycles. The van der Waals surface area contributed by atoms with Crippen LogP contribution in [0.1, 0.15) is 24.9 Å². The zero-order valence-electron chi connectivity index (χ0n) is 15.0. The van der Waals surface area contributed by atoms with Crippen molar-refractivity contribution < 1.29 is 4.74 Å². The van der Waals surface area contributed by atoms with Gasteiger partial charge in [-0.1, -0.05) is 25.1 Å². The molecule has 5 heteroatoms. The van der Waals surface area contributed by atoms with Crippen molar-refractivity contribution in [2.24, 2.45) is 0 Å². The molecule has 0 bridgehead atoms. The second-order valence-corrected chi connectivity index (χ2v) is 6.83. The van der Waals surface area contributed by atoms with E-state index in [0.717, 1.165) is 39.3 Å². The normalized spacial score (nSPS) is 17.2.